The van der Waals surface area contributed by atoms with E-state index in [0.717, 1.165) is 5.56 Å². The molecule has 0 unspecified atom stereocenters. The van der Waals surface area contributed by atoms with Gasteiger partial charge in [0.2, 0.25) is 0 Å². The predicted octanol–water partition coefficient (Wildman–Crippen LogP) is 1.53. The molecule has 0 atom stereocenters. The van der Waals surface area contributed by atoms with Crippen LogP contribution in [0.4, 0.5) is 0 Å². The van der Waals surface area contributed by atoms with Gasteiger partial charge in [0.05, 0.1) is 6.42 Å². The molecule has 0 radical (unpaired) electrons. The first-order valence-corrected chi connectivity index (χ1v) is 4.86. The maximum Gasteiger partial charge on any atom is 0.305 e. The van der Waals surface area contributed by atoms with Crippen LogP contribution in [-0.4, -0.2) is 23.5 Å². The van der Waals surface area contributed by atoms with Crippen LogP contribution in [0.25, 0.3) is 6.08 Å². The van der Waals surface area contributed by atoms with Crippen molar-refractivity contribution >= 4 is 18.0 Å². The number of hydrogen-bond acceptors (Lipinski definition) is 2. The van der Waals surface area contributed by atoms with Gasteiger partial charge < -0.3 is 10.4 Å². The molecule has 1 rings (SSSR count). The zero-order valence-electron chi connectivity index (χ0n) is 8.77. The number of hydrogen-bond donors (Lipinski definition) is 2. The summed E-state index contributed by atoms with van der Waals surface area (Å²) >= 11 is 0. The lowest BCUT2D eigenvalue weighted by Crippen LogP contribution is -2.25. The van der Waals surface area contributed by atoms with Crippen LogP contribution in [0.2, 0.25) is 0 Å². The molecule has 0 saturated carbocycles. The highest BCUT2D eigenvalue weighted by atomic mass is 16.4. The minimum absolute atomic E-state index is 0.0729. The summed E-state index contributed by atoms with van der Waals surface area (Å²) < 4.78 is 0. The molecule has 1 aromatic rings. The van der Waals surface area contributed by atoms with Gasteiger partial charge in [-0.2, -0.15) is 0 Å². The van der Waals surface area contributed by atoms with Crippen LogP contribution in [0.5, 0.6) is 0 Å². The van der Waals surface area contributed by atoms with E-state index in [9.17, 15) is 9.59 Å². The largest absolute Gasteiger partial charge is 0.481 e. The molecule has 0 aliphatic carbocycles. The molecule has 1 aromatic carbocycles. The van der Waals surface area contributed by atoms with Crippen molar-refractivity contribution in [3.05, 3.63) is 42.0 Å². The van der Waals surface area contributed by atoms with Crippen LogP contribution in [0.3, 0.4) is 0 Å². The van der Waals surface area contributed by atoms with Crippen molar-refractivity contribution in [1.29, 1.82) is 0 Å². The molecule has 4 heteroatoms. The summed E-state index contributed by atoms with van der Waals surface area (Å²) in [4.78, 5) is 21.7. The fraction of sp³-hybridized carbons (Fsp3) is 0.167. The second-order valence-electron chi connectivity index (χ2n) is 3.23. The van der Waals surface area contributed by atoms with Gasteiger partial charge in [-0.05, 0) is 17.7 Å². The van der Waals surface area contributed by atoms with E-state index in [1.165, 1.54) is 0 Å². The molecule has 2 N–H and O–H groups in total. The topological polar surface area (TPSA) is 66.4 Å². The highest BCUT2D eigenvalue weighted by molar-refractivity contribution is 5.94. The molecular weight excluding hydrogens is 206 g/mol. The Kier molecular flexibility index (Phi) is 4.27. The highest BCUT2D eigenvalue weighted by Gasteiger charge is 2.05. The number of carbonyl (C=O) groups is 2. The van der Waals surface area contributed by atoms with Crippen molar-refractivity contribution in [2.45, 2.75) is 6.42 Å². The molecule has 0 aliphatic rings. The van der Waals surface area contributed by atoms with E-state index in [0.29, 0.717) is 5.56 Å². The maximum atomic E-state index is 11.5. The lowest BCUT2D eigenvalue weighted by atomic mass is 10.1. The second-order valence-corrected chi connectivity index (χ2v) is 3.23. The summed E-state index contributed by atoms with van der Waals surface area (Å²) in [6.45, 7) is 3.74. The third-order valence-electron chi connectivity index (χ3n) is 2.03. The van der Waals surface area contributed by atoms with Gasteiger partial charge in [-0.3, -0.25) is 9.59 Å². The Morgan fingerprint density at radius 1 is 1.31 bits per heavy atom. The normalized spacial score (nSPS) is 9.50. The lowest BCUT2D eigenvalue weighted by Gasteiger charge is -2.03. The molecule has 0 aliphatic heterocycles. The van der Waals surface area contributed by atoms with Gasteiger partial charge in [0.25, 0.3) is 5.91 Å². The third kappa shape index (κ3) is 3.57. The maximum absolute atomic E-state index is 11.5. The molecule has 1 amide bonds. The zero-order valence-corrected chi connectivity index (χ0v) is 8.77. The number of nitrogens with one attached hydrogen (secondary N) is 1. The molecule has 16 heavy (non-hydrogen) atoms. The number of aliphatic carboxylic acids is 1. The first-order valence-electron chi connectivity index (χ1n) is 4.86. The Hall–Kier alpha value is -2.10. The van der Waals surface area contributed by atoms with Crippen LogP contribution in [0.15, 0.2) is 30.8 Å². The third-order valence-corrected chi connectivity index (χ3v) is 2.03. The molecule has 0 spiro atoms. The molecule has 84 valence electrons. The van der Waals surface area contributed by atoms with Crippen LogP contribution >= 0.6 is 0 Å². The zero-order chi connectivity index (χ0) is 12.0. The van der Waals surface area contributed by atoms with E-state index in [-0.39, 0.29) is 18.9 Å². The number of rotatable bonds is 5. The van der Waals surface area contributed by atoms with E-state index in [1.807, 2.05) is 0 Å². The Bertz CT molecular complexity index is 395. The number of amides is 1. The predicted molar refractivity (Wildman–Crippen MR) is 61.1 cm³/mol. The van der Waals surface area contributed by atoms with Crippen LogP contribution in [-0.2, 0) is 4.79 Å². The van der Waals surface area contributed by atoms with E-state index >= 15 is 0 Å². The standard InChI is InChI=1S/C12H13NO3/c1-2-9-3-5-10(6-4-9)12(16)13-8-7-11(14)15/h2-6H,1,7-8H2,(H,13,16)(H,14,15). The van der Waals surface area contributed by atoms with Gasteiger partial charge in [0, 0.05) is 12.1 Å². The van der Waals surface area contributed by atoms with E-state index in [1.54, 1.807) is 30.3 Å². The summed E-state index contributed by atoms with van der Waals surface area (Å²) in [5.41, 5.74) is 1.44. The van der Waals surface area contributed by atoms with Gasteiger partial charge in [-0.25, -0.2) is 0 Å². The van der Waals surface area contributed by atoms with Crippen LogP contribution in [0, 0.1) is 0 Å². The van der Waals surface area contributed by atoms with Crippen molar-refractivity contribution in [3.63, 3.8) is 0 Å². The SMILES string of the molecule is C=Cc1ccc(C(=O)NCCC(=O)O)cc1. The van der Waals surface area contributed by atoms with Crippen molar-refractivity contribution in [2.24, 2.45) is 0 Å². The van der Waals surface area contributed by atoms with Gasteiger partial charge in [0.15, 0.2) is 0 Å². The molecule has 0 bridgehead atoms. The first-order chi connectivity index (χ1) is 7.63. The average molecular weight is 219 g/mol. The molecule has 0 saturated heterocycles. The van der Waals surface area contributed by atoms with Gasteiger partial charge in [0.1, 0.15) is 0 Å². The summed E-state index contributed by atoms with van der Waals surface area (Å²) in [5, 5.41) is 10.9. The summed E-state index contributed by atoms with van der Waals surface area (Å²) in [6, 6.07) is 6.90. The van der Waals surface area contributed by atoms with Gasteiger partial charge in [-0.1, -0.05) is 24.8 Å². The molecule has 4 nitrogen and oxygen atoms in total. The number of carboxylic acids is 1. The lowest BCUT2D eigenvalue weighted by molar-refractivity contribution is -0.136. The Morgan fingerprint density at radius 3 is 2.44 bits per heavy atom. The fourth-order valence-electron chi connectivity index (χ4n) is 1.16. The molecule has 0 fully saturated rings. The summed E-state index contributed by atoms with van der Waals surface area (Å²) in [6.07, 6.45) is 1.61. The van der Waals surface area contributed by atoms with Gasteiger partial charge in [-0.15, -0.1) is 0 Å². The highest BCUT2D eigenvalue weighted by Crippen LogP contribution is 2.05. The quantitative estimate of drug-likeness (QED) is 0.789. The van der Waals surface area contributed by atoms with Gasteiger partial charge >= 0.3 is 5.97 Å². The molecular formula is C12H13NO3. The number of benzene rings is 1. The average Bonchev–Trinajstić information content (AvgIpc) is 2.28. The smallest absolute Gasteiger partial charge is 0.305 e. The minimum atomic E-state index is -0.928. The minimum Gasteiger partial charge on any atom is -0.481 e. The molecule has 0 aromatic heterocycles. The van der Waals surface area contributed by atoms with E-state index in [4.69, 9.17) is 5.11 Å². The van der Waals surface area contributed by atoms with Crippen molar-refractivity contribution in [1.82, 2.24) is 5.32 Å². The van der Waals surface area contributed by atoms with Crippen LogP contribution in [0.1, 0.15) is 22.3 Å². The van der Waals surface area contributed by atoms with E-state index < -0.39 is 5.97 Å². The van der Waals surface area contributed by atoms with Crippen LogP contribution < -0.4 is 5.32 Å². The summed E-state index contributed by atoms with van der Waals surface area (Å²) in [5.74, 6) is -1.20. The number of carbonyl (C=O) groups excluding carboxylic acids is 1. The monoisotopic (exact) mass is 219 g/mol. The Morgan fingerprint density at radius 2 is 1.94 bits per heavy atom. The number of carboxylic acid groups (broad SMARTS) is 1. The van der Waals surface area contributed by atoms with E-state index in [2.05, 4.69) is 11.9 Å². The van der Waals surface area contributed by atoms with Crippen molar-refractivity contribution in [3.8, 4) is 0 Å². The molecule has 0 heterocycles. The fourth-order valence-corrected chi connectivity index (χ4v) is 1.16. The Labute approximate surface area is 93.6 Å². The summed E-state index contributed by atoms with van der Waals surface area (Å²) in [7, 11) is 0. The second kappa shape index (κ2) is 5.70. The first kappa shape index (κ1) is 12.0. The van der Waals surface area contributed by atoms with Crippen molar-refractivity contribution < 1.29 is 14.7 Å². The Balaban J connectivity index is 2.52. The van der Waals surface area contributed by atoms with Crippen molar-refractivity contribution in [2.75, 3.05) is 6.54 Å².